The first kappa shape index (κ1) is 12.1. The van der Waals surface area contributed by atoms with E-state index < -0.39 is 0 Å². The number of anilines is 1. The summed E-state index contributed by atoms with van der Waals surface area (Å²) >= 11 is 0. The van der Waals surface area contributed by atoms with E-state index in [9.17, 15) is 0 Å². The maximum absolute atomic E-state index is 3.90. The Bertz CT molecular complexity index is 486. The quantitative estimate of drug-likeness (QED) is 0.840. The normalized spacial score (nSPS) is 15.1. The summed E-state index contributed by atoms with van der Waals surface area (Å²) in [6, 6.07) is 8.77. The van der Waals surface area contributed by atoms with E-state index in [2.05, 4.69) is 55.1 Å². The smallest absolute Gasteiger partial charge is 0.188 e. The number of tetrazole rings is 1. The zero-order valence-corrected chi connectivity index (χ0v) is 10.8. The lowest BCUT2D eigenvalue weighted by molar-refractivity contribution is 0.663. The number of nitrogens with zero attached hydrogens (tertiary/aromatic N) is 4. The third-order valence-electron chi connectivity index (χ3n) is 3.41. The number of aromatic amines is 1. The Morgan fingerprint density at radius 3 is 2.58 bits per heavy atom. The second-order valence-electron chi connectivity index (χ2n) is 4.79. The molecule has 1 saturated heterocycles. The number of benzene rings is 1. The first-order valence-electron chi connectivity index (χ1n) is 6.69. The minimum absolute atomic E-state index is 0.629. The molecule has 1 aliphatic rings. The van der Waals surface area contributed by atoms with Gasteiger partial charge in [0.25, 0.3) is 0 Å². The lowest BCUT2D eigenvalue weighted by Crippen LogP contribution is -2.17. The highest BCUT2D eigenvalue weighted by Gasteiger charge is 2.11. The molecule has 2 aromatic rings. The van der Waals surface area contributed by atoms with Crippen LogP contribution >= 0.6 is 0 Å². The Balaban J connectivity index is 1.51. The molecule has 0 unspecified atom stereocenters. The van der Waals surface area contributed by atoms with Crippen LogP contribution in [-0.4, -0.2) is 33.7 Å². The standard InChI is InChI=1S/C13H18N6/c1-2-8-19(7-1)12-5-3-11(4-6-12)9-14-10-13-15-17-18-16-13/h3-6,14H,1-2,7-10H2,(H,15,16,17,18). The molecule has 0 spiro atoms. The molecule has 3 rings (SSSR count). The summed E-state index contributed by atoms with van der Waals surface area (Å²) in [4.78, 5) is 2.44. The number of nitrogens with one attached hydrogen (secondary N) is 2. The van der Waals surface area contributed by atoms with E-state index in [1.165, 1.54) is 37.2 Å². The van der Waals surface area contributed by atoms with Crippen molar-refractivity contribution in [1.82, 2.24) is 25.9 Å². The van der Waals surface area contributed by atoms with Crippen molar-refractivity contribution in [3.8, 4) is 0 Å². The van der Waals surface area contributed by atoms with Crippen molar-refractivity contribution >= 4 is 5.69 Å². The molecule has 1 aromatic carbocycles. The van der Waals surface area contributed by atoms with Crippen molar-refractivity contribution < 1.29 is 0 Å². The van der Waals surface area contributed by atoms with E-state index in [1.807, 2.05) is 0 Å². The van der Waals surface area contributed by atoms with Crippen molar-refractivity contribution in [1.29, 1.82) is 0 Å². The highest BCUT2D eigenvalue weighted by atomic mass is 15.5. The Hall–Kier alpha value is -1.95. The van der Waals surface area contributed by atoms with Gasteiger partial charge in [0.2, 0.25) is 0 Å². The van der Waals surface area contributed by atoms with Gasteiger partial charge in [-0.2, -0.15) is 5.21 Å². The fourth-order valence-electron chi connectivity index (χ4n) is 2.38. The minimum Gasteiger partial charge on any atom is -0.372 e. The molecule has 6 nitrogen and oxygen atoms in total. The first-order chi connectivity index (χ1) is 9.42. The summed E-state index contributed by atoms with van der Waals surface area (Å²) in [7, 11) is 0. The molecule has 0 radical (unpaired) electrons. The number of hydrogen-bond acceptors (Lipinski definition) is 5. The topological polar surface area (TPSA) is 69.7 Å². The maximum atomic E-state index is 3.90. The third-order valence-corrected chi connectivity index (χ3v) is 3.41. The monoisotopic (exact) mass is 258 g/mol. The minimum atomic E-state index is 0.629. The van der Waals surface area contributed by atoms with Gasteiger partial charge in [0, 0.05) is 25.3 Å². The Labute approximate surface area is 112 Å². The molecule has 0 amide bonds. The molecule has 19 heavy (non-hydrogen) atoms. The summed E-state index contributed by atoms with van der Waals surface area (Å²) in [5, 5.41) is 17.1. The third kappa shape index (κ3) is 3.08. The highest BCUT2D eigenvalue weighted by molar-refractivity contribution is 5.48. The largest absolute Gasteiger partial charge is 0.372 e. The molecule has 0 saturated carbocycles. The lowest BCUT2D eigenvalue weighted by atomic mass is 10.2. The van der Waals surface area contributed by atoms with Gasteiger partial charge in [-0.25, -0.2) is 0 Å². The van der Waals surface area contributed by atoms with Gasteiger partial charge in [-0.05, 0) is 30.5 Å². The van der Waals surface area contributed by atoms with Gasteiger partial charge < -0.3 is 10.2 Å². The van der Waals surface area contributed by atoms with Crippen LogP contribution in [0.3, 0.4) is 0 Å². The van der Waals surface area contributed by atoms with Crippen LogP contribution in [0.1, 0.15) is 24.2 Å². The molecule has 0 bridgehead atoms. The van der Waals surface area contributed by atoms with E-state index in [-0.39, 0.29) is 0 Å². The van der Waals surface area contributed by atoms with E-state index in [0.29, 0.717) is 12.4 Å². The summed E-state index contributed by atoms with van der Waals surface area (Å²) in [5.74, 6) is 0.689. The summed E-state index contributed by atoms with van der Waals surface area (Å²) in [6.07, 6.45) is 2.63. The molecule has 2 heterocycles. The Morgan fingerprint density at radius 1 is 1.11 bits per heavy atom. The van der Waals surface area contributed by atoms with Crippen LogP contribution in [0.5, 0.6) is 0 Å². The molecule has 1 aliphatic heterocycles. The average Bonchev–Trinajstić information content (AvgIpc) is 3.13. The zero-order valence-electron chi connectivity index (χ0n) is 10.8. The summed E-state index contributed by atoms with van der Waals surface area (Å²) in [5.41, 5.74) is 2.60. The van der Waals surface area contributed by atoms with Crippen molar-refractivity contribution in [2.45, 2.75) is 25.9 Å². The van der Waals surface area contributed by atoms with Crippen molar-refractivity contribution in [3.05, 3.63) is 35.7 Å². The predicted molar refractivity (Wildman–Crippen MR) is 72.6 cm³/mol. The number of aromatic nitrogens is 4. The van der Waals surface area contributed by atoms with Crippen LogP contribution in [-0.2, 0) is 13.1 Å². The SMILES string of the molecule is c1cc(N2CCCC2)ccc1CNCc1nn[nH]n1. The van der Waals surface area contributed by atoms with Crippen LogP contribution in [0.15, 0.2) is 24.3 Å². The van der Waals surface area contributed by atoms with Gasteiger partial charge in [0.1, 0.15) is 0 Å². The van der Waals surface area contributed by atoms with Crippen LogP contribution in [0, 0.1) is 0 Å². The van der Waals surface area contributed by atoms with Gasteiger partial charge in [0.05, 0.1) is 6.54 Å². The molecule has 1 aromatic heterocycles. The summed E-state index contributed by atoms with van der Waals surface area (Å²) in [6.45, 7) is 3.82. The fraction of sp³-hybridized carbons (Fsp3) is 0.462. The van der Waals surface area contributed by atoms with Gasteiger partial charge in [-0.15, -0.1) is 10.2 Å². The molecule has 6 heteroatoms. The number of H-pyrrole nitrogens is 1. The molecular weight excluding hydrogens is 240 g/mol. The Kier molecular flexibility index (Phi) is 3.69. The lowest BCUT2D eigenvalue weighted by Gasteiger charge is -2.17. The van der Waals surface area contributed by atoms with Crippen molar-refractivity contribution in [3.63, 3.8) is 0 Å². The van der Waals surface area contributed by atoms with E-state index >= 15 is 0 Å². The Morgan fingerprint density at radius 2 is 1.89 bits per heavy atom. The molecule has 0 atom stereocenters. The fourth-order valence-corrected chi connectivity index (χ4v) is 2.38. The van der Waals surface area contributed by atoms with Crippen molar-refractivity contribution in [2.75, 3.05) is 18.0 Å². The van der Waals surface area contributed by atoms with E-state index in [4.69, 9.17) is 0 Å². The van der Waals surface area contributed by atoms with Gasteiger partial charge in [0.15, 0.2) is 5.82 Å². The number of hydrogen-bond donors (Lipinski definition) is 2. The van der Waals surface area contributed by atoms with Gasteiger partial charge >= 0.3 is 0 Å². The highest BCUT2D eigenvalue weighted by Crippen LogP contribution is 2.20. The van der Waals surface area contributed by atoms with Crippen molar-refractivity contribution in [2.24, 2.45) is 0 Å². The van der Waals surface area contributed by atoms with Crippen LogP contribution < -0.4 is 10.2 Å². The van der Waals surface area contributed by atoms with E-state index in [0.717, 1.165) is 6.54 Å². The first-order valence-corrected chi connectivity index (χ1v) is 6.69. The summed E-state index contributed by atoms with van der Waals surface area (Å²) < 4.78 is 0. The van der Waals surface area contributed by atoms with Gasteiger partial charge in [-0.1, -0.05) is 17.3 Å². The van der Waals surface area contributed by atoms with Crippen LogP contribution in [0.2, 0.25) is 0 Å². The zero-order chi connectivity index (χ0) is 12.9. The average molecular weight is 258 g/mol. The maximum Gasteiger partial charge on any atom is 0.188 e. The molecule has 100 valence electrons. The van der Waals surface area contributed by atoms with Crippen LogP contribution in [0.25, 0.3) is 0 Å². The molecule has 0 aliphatic carbocycles. The second kappa shape index (κ2) is 5.79. The molecular formula is C13H18N6. The molecule has 1 fully saturated rings. The van der Waals surface area contributed by atoms with E-state index in [1.54, 1.807) is 0 Å². The molecule has 2 N–H and O–H groups in total. The number of rotatable bonds is 5. The second-order valence-corrected chi connectivity index (χ2v) is 4.79. The predicted octanol–water partition coefficient (Wildman–Crippen LogP) is 1.09. The van der Waals surface area contributed by atoms with Crippen LogP contribution in [0.4, 0.5) is 5.69 Å². The van der Waals surface area contributed by atoms with Gasteiger partial charge in [-0.3, -0.25) is 0 Å².